The van der Waals surface area contributed by atoms with Gasteiger partial charge in [-0.15, -0.1) is 0 Å². The van der Waals surface area contributed by atoms with Gasteiger partial charge in [-0.05, 0) is 17.9 Å². The molecule has 0 aliphatic heterocycles. The maximum Gasteiger partial charge on any atom is 0.306 e. The third-order valence-electron chi connectivity index (χ3n) is 4.03. The monoisotopic (exact) mass is 390 g/mol. The molecule has 28 heavy (non-hydrogen) atoms. The summed E-state index contributed by atoms with van der Waals surface area (Å²) >= 11 is 0. The van der Waals surface area contributed by atoms with Crippen LogP contribution in [0.3, 0.4) is 0 Å². The highest BCUT2D eigenvalue weighted by Crippen LogP contribution is 2.17. The number of benzene rings is 1. The maximum atomic E-state index is 12.8. The summed E-state index contributed by atoms with van der Waals surface area (Å²) in [6, 6.07) is 6.27. The van der Waals surface area contributed by atoms with E-state index in [0.717, 1.165) is 0 Å². The van der Waals surface area contributed by atoms with Crippen LogP contribution in [-0.2, 0) is 32.3 Å². The normalized spacial score (nSPS) is 11.2. The van der Waals surface area contributed by atoms with Crippen LogP contribution in [0.5, 0.6) is 0 Å². The molecule has 152 valence electrons. The van der Waals surface area contributed by atoms with Crippen molar-refractivity contribution >= 4 is 23.0 Å². The van der Waals surface area contributed by atoms with Crippen molar-refractivity contribution in [2.75, 3.05) is 0 Å². The first-order valence-corrected chi connectivity index (χ1v) is 9.27. The number of aromatic nitrogens is 2. The fourth-order valence-corrected chi connectivity index (χ4v) is 2.70. The Morgan fingerprint density at radius 2 is 1.54 bits per heavy atom. The van der Waals surface area contributed by atoms with E-state index in [2.05, 4.69) is 0 Å². The lowest BCUT2D eigenvalue weighted by molar-refractivity contribution is -0.479. The van der Waals surface area contributed by atoms with E-state index in [9.17, 15) is 19.7 Å². The van der Waals surface area contributed by atoms with Crippen LogP contribution in [0, 0.1) is 22.0 Å². The van der Waals surface area contributed by atoms with Crippen LogP contribution >= 0.6 is 0 Å². The second-order valence-electron chi connectivity index (χ2n) is 7.49. The molecule has 0 amide bonds. The fourth-order valence-electron chi connectivity index (χ4n) is 2.70. The molecule has 0 spiro atoms. The quantitative estimate of drug-likeness (QED) is 0.507. The third kappa shape index (κ3) is 5.31. The number of esters is 2. The van der Waals surface area contributed by atoms with Gasteiger partial charge >= 0.3 is 11.9 Å². The zero-order valence-corrected chi connectivity index (χ0v) is 16.6. The summed E-state index contributed by atoms with van der Waals surface area (Å²) in [6.07, 6.45) is 0.394. The molecule has 0 atom stereocenters. The molecule has 0 N–H and O–H groups in total. The van der Waals surface area contributed by atoms with Crippen LogP contribution in [-0.4, -0.2) is 16.7 Å². The summed E-state index contributed by atoms with van der Waals surface area (Å²) in [7, 11) is 0. The average Bonchev–Trinajstić information content (AvgIpc) is 2.61. The molecule has 1 heterocycles. The number of carbonyl (C=O) groups excluding carboxylic acids is 2. The molecule has 0 fully saturated rings. The number of fused-ring (bicyclic) bond motifs is 1. The molecule has 1 aromatic heterocycles. The van der Waals surface area contributed by atoms with Crippen molar-refractivity contribution in [1.29, 1.82) is 0 Å². The van der Waals surface area contributed by atoms with Gasteiger partial charge in [0.05, 0.1) is 4.43 Å². The van der Waals surface area contributed by atoms with Crippen LogP contribution in [0.2, 0.25) is 0 Å². The average molecular weight is 390 g/mol. The Bertz CT molecular complexity index is 917. The number of hydrogen-bond donors (Lipinski definition) is 0. The van der Waals surface area contributed by atoms with Crippen molar-refractivity contribution in [3.8, 4) is 0 Å². The molecule has 1 aromatic carbocycles. The highest BCUT2D eigenvalue weighted by molar-refractivity contribution is 5.73. The minimum absolute atomic E-state index is 0.0526. The molecule has 8 heteroatoms. The van der Waals surface area contributed by atoms with Crippen molar-refractivity contribution in [2.45, 2.75) is 53.8 Å². The van der Waals surface area contributed by atoms with Gasteiger partial charge in [-0.3, -0.25) is 9.59 Å². The summed E-state index contributed by atoms with van der Waals surface area (Å²) in [5.74, 6) is -0.736. The molecule has 8 nitrogen and oxygen atoms in total. The van der Waals surface area contributed by atoms with Crippen molar-refractivity contribution in [3.05, 3.63) is 45.8 Å². The predicted octanol–water partition coefficient (Wildman–Crippen LogP) is 3.08. The van der Waals surface area contributed by atoms with Gasteiger partial charge in [0.2, 0.25) is 0 Å². The van der Waals surface area contributed by atoms with Gasteiger partial charge in [0.15, 0.2) is 6.61 Å². The van der Waals surface area contributed by atoms with Gasteiger partial charge in [0, 0.05) is 23.8 Å². The van der Waals surface area contributed by atoms with Crippen molar-refractivity contribution < 1.29 is 23.5 Å². The second-order valence-corrected chi connectivity index (χ2v) is 7.49. The van der Waals surface area contributed by atoms with E-state index in [-0.39, 0.29) is 60.3 Å². The van der Waals surface area contributed by atoms with E-state index >= 15 is 0 Å². The lowest BCUT2D eigenvalue weighted by Crippen LogP contribution is -2.30. The van der Waals surface area contributed by atoms with Gasteiger partial charge in [0.25, 0.3) is 11.2 Å². The van der Waals surface area contributed by atoms with Crippen molar-refractivity contribution in [2.24, 2.45) is 11.8 Å². The molecule has 0 bridgehead atoms. The molecule has 2 rings (SSSR count). The highest BCUT2D eigenvalue weighted by Gasteiger charge is 2.25. The number of rotatable bonds is 8. The number of hydrogen-bond acceptors (Lipinski definition) is 6. The molecular weight excluding hydrogens is 364 g/mol. The summed E-state index contributed by atoms with van der Waals surface area (Å²) < 4.78 is 11.5. The summed E-state index contributed by atoms with van der Waals surface area (Å²) in [5, 5.41) is 12.8. The maximum absolute atomic E-state index is 12.8. The van der Waals surface area contributed by atoms with E-state index in [0.29, 0.717) is 9.16 Å². The Balaban J connectivity index is 2.38. The Morgan fingerprint density at radius 3 is 2.11 bits per heavy atom. The number of ether oxygens (including phenoxy) is 2. The second kappa shape index (κ2) is 9.34. The standard InChI is InChI=1S/C20H26N2O6/c1-13(2)9-19(23)27-11-17-18(12-28-20(24)10-14(3)4)22(26)16-8-6-5-7-15(16)21(17)25/h5-8,13-14H,9-12H2,1-4H3. The summed E-state index contributed by atoms with van der Waals surface area (Å²) in [4.78, 5) is 36.6. The zero-order valence-electron chi connectivity index (χ0n) is 16.6. The van der Waals surface area contributed by atoms with Crippen molar-refractivity contribution in [3.63, 3.8) is 0 Å². The molecule has 2 aromatic rings. The lowest BCUT2D eigenvalue weighted by Gasteiger charge is -2.19. The molecular formula is C20H26N2O6. The Hall–Kier alpha value is -2.90. The van der Waals surface area contributed by atoms with E-state index < -0.39 is 11.9 Å². The molecule has 0 saturated carbocycles. The Kier molecular flexibility index (Phi) is 7.14. The summed E-state index contributed by atoms with van der Waals surface area (Å²) in [5.41, 5.74) is 0.181. The van der Waals surface area contributed by atoms with Crippen LogP contribution in [0.15, 0.2) is 24.3 Å². The minimum atomic E-state index is -0.469. The molecule has 0 unspecified atom stereocenters. The van der Waals surface area contributed by atoms with E-state index in [1.165, 1.54) is 12.1 Å². The topological polar surface area (TPSA) is 104 Å². The van der Waals surface area contributed by atoms with Crippen molar-refractivity contribution in [1.82, 2.24) is 4.73 Å². The third-order valence-corrected chi connectivity index (χ3v) is 4.03. The molecule has 0 aliphatic rings. The summed E-state index contributed by atoms with van der Waals surface area (Å²) in [6.45, 7) is 6.73. The first-order chi connectivity index (χ1) is 13.2. The molecule has 0 saturated heterocycles. The molecule has 0 radical (unpaired) electrons. The fraction of sp³-hybridized carbons (Fsp3) is 0.500. The number of nitrogens with zero attached hydrogens (tertiary/aromatic N) is 2. The smallest absolute Gasteiger partial charge is 0.306 e. The van der Waals surface area contributed by atoms with Gasteiger partial charge in [-0.2, -0.15) is 0 Å². The first kappa shape index (κ1) is 21.4. The lowest BCUT2D eigenvalue weighted by atomic mass is 10.1. The largest absolute Gasteiger partial charge is 0.805 e. The van der Waals surface area contributed by atoms with Gasteiger partial charge in [-0.25, -0.2) is 0 Å². The van der Waals surface area contributed by atoms with Gasteiger partial charge in [0.1, 0.15) is 17.8 Å². The van der Waals surface area contributed by atoms with Crippen LogP contribution in [0.1, 0.15) is 51.9 Å². The first-order valence-electron chi connectivity index (χ1n) is 9.27. The minimum Gasteiger partial charge on any atom is -0.805 e. The number of para-hydroxylation sites is 2. The van der Waals surface area contributed by atoms with E-state index in [1.807, 2.05) is 27.7 Å². The van der Waals surface area contributed by atoms with Gasteiger partial charge < -0.3 is 19.4 Å². The van der Waals surface area contributed by atoms with E-state index in [1.54, 1.807) is 12.1 Å². The zero-order chi connectivity index (χ0) is 20.8. The van der Waals surface area contributed by atoms with Crippen LogP contribution in [0.25, 0.3) is 11.0 Å². The SMILES string of the molecule is CC(C)CC(=O)OCc1c(COC(=O)CC(C)C)[n+](=O)c2ccccc2n1[O-]. The van der Waals surface area contributed by atoms with Gasteiger partial charge in [-0.1, -0.05) is 39.8 Å². The predicted molar refractivity (Wildman–Crippen MR) is 103 cm³/mol. The molecule has 0 aliphatic carbocycles. The number of carbonyl (C=O) groups is 2. The van der Waals surface area contributed by atoms with Crippen LogP contribution < -0.4 is 4.43 Å². The Labute approximate surface area is 163 Å². The Morgan fingerprint density at radius 1 is 1.00 bits per heavy atom. The van der Waals surface area contributed by atoms with E-state index in [4.69, 9.17) is 9.47 Å². The highest BCUT2D eigenvalue weighted by atomic mass is 16.5. The van der Waals surface area contributed by atoms with Crippen LogP contribution in [0.4, 0.5) is 0 Å².